The van der Waals surface area contributed by atoms with Gasteiger partial charge in [0, 0.05) is 30.3 Å². The molecule has 114 valence electrons. The fraction of sp³-hybridized carbons (Fsp3) is 0.812. The fourth-order valence-electron chi connectivity index (χ4n) is 2.50. The minimum atomic E-state index is 0.770. The highest BCUT2D eigenvalue weighted by Gasteiger charge is 2.29. The van der Waals surface area contributed by atoms with Crippen molar-refractivity contribution in [2.45, 2.75) is 58.9 Å². The number of thiazole rings is 1. The van der Waals surface area contributed by atoms with Crippen LogP contribution in [0.25, 0.3) is 0 Å². The first-order valence-corrected chi connectivity index (χ1v) is 9.01. The van der Waals surface area contributed by atoms with E-state index in [1.165, 1.54) is 34.8 Å². The van der Waals surface area contributed by atoms with Gasteiger partial charge in [0.05, 0.1) is 10.7 Å². The minimum Gasteiger partial charge on any atom is -0.312 e. The summed E-state index contributed by atoms with van der Waals surface area (Å²) in [5.41, 5.74) is 1.41. The second-order valence-electron chi connectivity index (χ2n) is 5.64. The van der Waals surface area contributed by atoms with Crippen molar-refractivity contribution in [1.82, 2.24) is 15.2 Å². The average molecular weight is 295 g/mol. The topological polar surface area (TPSA) is 28.2 Å². The van der Waals surface area contributed by atoms with E-state index in [0.29, 0.717) is 0 Å². The molecule has 0 saturated heterocycles. The standard InChI is InChI=1S/C16H29N3S/c1-4-10-17-12-14-16(13-7-8-13)18-15(20-14)9-11-19(5-2)6-3/h13,17H,4-12H2,1-3H3. The molecule has 0 radical (unpaired) electrons. The highest BCUT2D eigenvalue weighted by Crippen LogP contribution is 2.42. The molecule has 0 unspecified atom stereocenters. The Morgan fingerprint density at radius 2 is 2.00 bits per heavy atom. The van der Waals surface area contributed by atoms with Gasteiger partial charge in [-0.3, -0.25) is 0 Å². The third-order valence-corrected chi connectivity index (χ3v) is 5.12. The summed E-state index contributed by atoms with van der Waals surface area (Å²) in [5.74, 6) is 0.770. The van der Waals surface area contributed by atoms with E-state index in [0.717, 1.165) is 45.1 Å². The van der Waals surface area contributed by atoms with Gasteiger partial charge in [-0.25, -0.2) is 4.98 Å². The summed E-state index contributed by atoms with van der Waals surface area (Å²) in [6, 6.07) is 0. The number of hydrogen-bond acceptors (Lipinski definition) is 4. The number of rotatable bonds is 10. The van der Waals surface area contributed by atoms with E-state index in [1.54, 1.807) is 0 Å². The monoisotopic (exact) mass is 295 g/mol. The molecule has 0 aromatic carbocycles. The van der Waals surface area contributed by atoms with E-state index in [-0.39, 0.29) is 0 Å². The zero-order valence-electron chi connectivity index (χ0n) is 13.2. The molecular formula is C16H29N3S. The van der Waals surface area contributed by atoms with Crippen molar-refractivity contribution in [3.05, 3.63) is 15.6 Å². The van der Waals surface area contributed by atoms with Gasteiger partial charge in [-0.1, -0.05) is 20.8 Å². The molecule has 1 N–H and O–H groups in total. The van der Waals surface area contributed by atoms with Crippen LogP contribution in [0, 0.1) is 0 Å². The molecule has 0 bridgehead atoms. The third-order valence-electron chi connectivity index (χ3n) is 3.98. The lowest BCUT2D eigenvalue weighted by atomic mass is 10.2. The molecule has 0 atom stereocenters. The molecule has 0 spiro atoms. The van der Waals surface area contributed by atoms with Crippen LogP contribution < -0.4 is 5.32 Å². The van der Waals surface area contributed by atoms with Crippen molar-refractivity contribution < 1.29 is 0 Å². The van der Waals surface area contributed by atoms with Crippen LogP contribution in [0.5, 0.6) is 0 Å². The third kappa shape index (κ3) is 4.54. The molecule has 0 amide bonds. The van der Waals surface area contributed by atoms with Gasteiger partial charge < -0.3 is 10.2 Å². The van der Waals surface area contributed by atoms with Crippen LogP contribution in [0.1, 0.15) is 61.5 Å². The van der Waals surface area contributed by atoms with Crippen LogP contribution in [0.4, 0.5) is 0 Å². The van der Waals surface area contributed by atoms with Gasteiger partial charge in [0.1, 0.15) is 0 Å². The van der Waals surface area contributed by atoms with Gasteiger partial charge in [0.15, 0.2) is 0 Å². The molecule has 3 nitrogen and oxygen atoms in total. The van der Waals surface area contributed by atoms with Crippen molar-refractivity contribution in [2.75, 3.05) is 26.2 Å². The molecule has 0 aliphatic heterocycles. The lowest BCUT2D eigenvalue weighted by molar-refractivity contribution is 0.308. The van der Waals surface area contributed by atoms with Crippen LogP contribution >= 0.6 is 11.3 Å². The smallest absolute Gasteiger partial charge is 0.0944 e. The van der Waals surface area contributed by atoms with E-state index < -0.39 is 0 Å². The average Bonchev–Trinajstić information content (AvgIpc) is 3.23. The summed E-state index contributed by atoms with van der Waals surface area (Å²) in [6.07, 6.45) is 5.01. The fourth-order valence-corrected chi connectivity index (χ4v) is 3.61. The summed E-state index contributed by atoms with van der Waals surface area (Å²) in [4.78, 5) is 8.92. The Labute approximate surface area is 127 Å². The largest absolute Gasteiger partial charge is 0.312 e. The Kier molecular flexibility index (Phi) is 6.46. The van der Waals surface area contributed by atoms with Crippen molar-refractivity contribution in [3.63, 3.8) is 0 Å². The molecule has 1 aromatic heterocycles. The predicted molar refractivity (Wildman–Crippen MR) is 87.6 cm³/mol. The summed E-state index contributed by atoms with van der Waals surface area (Å²) in [6.45, 7) is 12.2. The first kappa shape index (κ1) is 15.9. The number of nitrogens with zero attached hydrogens (tertiary/aromatic N) is 2. The number of nitrogens with one attached hydrogen (secondary N) is 1. The van der Waals surface area contributed by atoms with Gasteiger partial charge in [0.2, 0.25) is 0 Å². The molecular weight excluding hydrogens is 266 g/mol. The van der Waals surface area contributed by atoms with E-state index in [9.17, 15) is 0 Å². The van der Waals surface area contributed by atoms with Gasteiger partial charge in [-0.2, -0.15) is 0 Å². The van der Waals surface area contributed by atoms with Crippen molar-refractivity contribution in [1.29, 1.82) is 0 Å². The predicted octanol–water partition coefficient (Wildman–Crippen LogP) is 3.40. The van der Waals surface area contributed by atoms with E-state index in [2.05, 4.69) is 31.0 Å². The van der Waals surface area contributed by atoms with E-state index in [1.807, 2.05) is 11.3 Å². The first-order valence-electron chi connectivity index (χ1n) is 8.19. The van der Waals surface area contributed by atoms with E-state index in [4.69, 9.17) is 4.98 Å². The van der Waals surface area contributed by atoms with Crippen LogP contribution in [0.3, 0.4) is 0 Å². The molecule has 1 saturated carbocycles. The molecule has 20 heavy (non-hydrogen) atoms. The van der Waals surface area contributed by atoms with Gasteiger partial charge in [0.25, 0.3) is 0 Å². The minimum absolute atomic E-state index is 0.770. The Morgan fingerprint density at radius 3 is 2.60 bits per heavy atom. The molecule has 1 aliphatic rings. The second kappa shape index (κ2) is 8.11. The summed E-state index contributed by atoms with van der Waals surface area (Å²) < 4.78 is 0. The van der Waals surface area contributed by atoms with Crippen LogP contribution in [-0.4, -0.2) is 36.1 Å². The summed E-state index contributed by atoms with van der Waals surface area (Å²) in [5, 5.41) is 4.87. The summed E-state index contributed by atoms with van der Waals surface area (Å²) >= 11 is 1.94. The maximum Gasteiger partial charge on any atom is 0.0944 e. The quantitative estimate of drug-likeness (QED) is 0.671. The lowest BCUT2D eigenvalue weighted by Crippen LogP contribution is -2.25. The highest BCUT2D eigenvalue weighted by molar-refractivity contribution is 7.11. The van der Waals surface area contributed by atoms with Gasteiger partial charge >= 0.3 is 0 Å². The Bertz CT molecular complexity index is 394. The summed E-state index contributed by atoms with van der Waals surface area (Å²) in [7, 11) is 0. The maximum atomic E-state index is 4.94. The molecule has 2 rings (SSSR count). The zero-order valence-corrected chi connectivity index (χ0v) is 14.1. The van der Waals surface area contributed by atoms with Gasteiger partial charge in [-0.05, 0) is 38.9 Å². The SMILES string of the molecule is CCCNCc1sc(CCN(CC)CC)nc1C1CC1. The highest BCUT2D eigenvalue weighted by atomic mass is 32.1. The Hall–Kier alpha value is -0.450. The van der Waals surface area contributed by atoms with Crippen LogP contribution in [-0.2, 0) is 13.0 Å². The van der Waals surface area contributed by atoms with Crippen molar-refractivity contribution in [2.24, 2.45) is 0 Å². The van der Waals surface area contributed by atoms with Crippen molar-refractivity contribution >= 4 is 11.3 Å². The van der Waals surface area contributed by atoms with Gasteiger partial charge in [-0.15, -0.1) is 11.3 Å². The zero-order chi connectivity index (χ0) is 14.4. The van der Waals surface area contributed by atoms with Crippen LogP contribution in [0.2, 0.25) is 0 Å². The molecule has 4 heteroatoms. The van der Waals surface area contributed by atoms with Crippen molar-refractivity contribution in [3.8, 4) is 0 Å². The molecule has 1 heterocycles. The van der Waals surface area contributed by atoms with E-state index >= 15 is 0 Å². The number of aromatic nitrogens is 1. The maximum absolute atomic E-state index is 4.94. The lowest BCUT2D eigenvalue weighted by Gasteiger charge is -2.16. The number of hydrogen-bond donors (Lipinski definition) is 1. The normalized spacial score (nSPS) is 15.2. The van der Waals surface area contributed by atoms with Crippen LogP contribution in [0.15, 0.2) is 0 Å². The number of likely N-dealkylation sites (N-methyl/N-ethyl adjacent to an activating group) is 1. The second-order valence-corrected chi connectivity index (χ2v) is 6.81. The Balaban J connectivity index is 1.93. The Morgan fingerprint density at radius 1 is 1.25 bits per heavy atom. The molecule has 1 fully saturated rings. The first-order chi connectivity index (χ1) is 9.78. The molecule has 1 aliphatic carbocycles. The molecule has 1 aromatic rings.